The van der Waals surface area contributed by atoms with Crippen LogP contribution in [0.25, 0.3) is 0 Å². The standard InChI is InChI=1S/C25H49N/c1-5-13-23(18-20-25-19-17-22(25)3)15-11-9-7-8-10-12-16-24(14-6-2)21-26-4/h21-25H,5-20H2,1-4H3. The third kappa shape index (κ3) is 10.7. The Kier molecular flexibility index (Phi) is 14.3. The first-order valence-electron chi connectivity index (χ1n) is 12.1. The van der Waals surface area contributed by atoms with E-state index in [4.69, 9.17) is 0 Å². The van der Waals surface area contributed by atoms with Crippen LogP contribution < -0.4 is 0 Å². The van der Waals surface area contributed by atoms with Gasteiger partial charge in [0.15, 0.2) is 0 Å². The van der Waals surface area contributed by atoms with Crippen molar-refractivity contribution in [1.82, 2.24) is 0 Å². The maximum Gasteiger partial charge on any atom is 0.0273 e. The van der Waals surface area contributed by atoms with Crippen molar-refractivity contribution in [2.24, 2.45) is 28.7 Å². The second kappa shape index (κ2) is 15.7. The smallest absolute Gasteiger partial charge is 0.0273 e. The molecule has 0 aromatic carbocycles. The zero-order valence-electron chi connectivity index (χ0n) is 18.6. The minimum absolute atomic E-state index is 0.734. The van der Waals surface area contributed by atoms with Crippen molar-refractivity contribution >= 4 is 6.21 Å². The Morgan fingerprint density at radius 1 is 0.808 bits per heavy atom. The summed E-state index contributed by atoms with van der Waals surface area (Å²) in [5.74, 6) is 3.86. The summed E-state index contributed by atoms with van der Waals surface area (Å²) in [4.78, 5) is 4.24. The van der Waals surface area contributed by atoms with E-state index in [2.05, 4.69) is 32.0 Å². The van der Waals surface area contributed by atoms with E-state index in [1.54, 1.807) is 0 Å². The fraction of sp³-hybridized carbons (Fsp3) is 0.960. The van der Waals surface area contributed by atoms with Gasteiger partial charge in [-0.15, -0.1) is 0 Å². The zero-order valence-corrected chi connectivity index (χ0v) is 18.6. The molecule has 0 bridgehead atoms. The summed E-state index contributed by atoms with van der Waals surface area (Å²) in [7, 11) is 1.92. The fourth-order valence-electron chi connectivity index (χ4n) is 4.88. The maximum atomic E-state index is 4.24. The largest absolute Gasteiger partial charge is 0.301 e. The van der Waals surface area contributed by atoms with Crippen molar-refractivity contribution in [1.29, 1.82) is 0 Å². The maximum absolute atomic E-state index is 4.24. The molecule has 0 saturated heterocycles. The van der Waals surface area contributed by atoms with Crippen LogP contribution in [-0.2, 0) is 0 Å². The molecule has 0 aromatic rings. The Bertz CT molecular complexity index is 335. The molecular formula is C25H49N. The monoisotopic (exact) mass is 363 g/mol. The first-order valence-corrected chi connectivity index (χ1v) is 12.1. The molecule has 154 valence electrons. The molecule has 0 spiro atoms. The van der Waals surface area contributed by atoms with Gasteiger partial charge in [0, 0.05) is 13.3 Å². The number of rotatable bonds is 17. The molecule has 4 unspecified atom stereocenters. The molecule has 0 heterocycles. The van der Waals surface area contributed by atoms with E-state index in [-0.39, 0.29) is 0 Å². The van der Waals surface area contributed by atoms with Gasteiger partial charge in [0.1, 0.15) is 0 Å². The molecule has 1 saturated carbocycles. The topological polar surface area (TPSA) is 12.4 Å². The van der Waals surface area contributed by atoms with Crippen LogP contribution in [0.5, 0.6) is 0 Å². The summed E-state index contributed by atoms with van der Waals surface area (Å²) in [5.41, 5.74) is 0. The quantitative estimate of drug-likeness (QED) is 0.181. The molecule has 1 nitrogen and oxygen atoms in total. The van der Waals surface area contributed by atoms with E-state index >= 15 is 0 Å². The number of aliphatic imine (C=N–C) groups is 1. The lowest BCUT2D eigenvalue weighted by molar-refractivity contribution is 0.167. The Morgan fingerprint density at radius 2 is 1.46 bits per heavy atom. The molecule has 0 aromatic heterocycles. The van der Waals surface area contributed by atoms with Gasteiger partial charge in [-0.05, 0) is 49.4 Å². The van der Waals surface area contributed by atoms with Gasteiger partial charge in [-0.1, -0.05) is 97.8 Å². The lowest BCUT2D eigenvalue weighted by Gasteiger charge is -2.35. The fourth-order valence-corrected chi connectivity index (χ4v) is 4.88. The minimum Gasteiger partial charge on any atom is -0.301 e. The molecule has 1 heteroatoms. The first kappa shape index (κ1) is 23.7. The van der Waals surface area contributed by atoms with Gasteiger partial charge < -0.3 is 4.99 Å². The Hall–Kier alpha value is -0.330. The number of unbranched alkanes of at least 4 members (excludes halogenated alkanes) is 5. The third-order valence-electron chi connectivity index (χ3n) is 6.90. The summed E-state index contributed by atoms with van der Waals surface area (Å²) >= 11 is 0. The Labute approximate surface area is 165 Å². The van der Waals surface area contributed by atoms with E-state index < -0.39 is 0 Å². The average Bonchev–Trinajstić information content (AvgIpc) is 2.62. The Balaban J connectivity index is 1.99. The van der Waals surface area contributed by atoms with Gasteiger partial charge in [0.05, 0.1) is 0 Å². The molecule has 26 heavy (non-hydrogen) atoms. The number of nitrogens with zero attached hydrogens (tertiary/aromatic N) is 1. The van der Waals surface area contributed by atoms with Gasteiger partial charge in [-0.2, -0.15) is 0 Å². The average molecular weight is 364 g/mol. The predicted molar refractivity (Wildman–Crippen MR) is 119 cm³/mol. The van der Waals surface area contributed by atoms with E-state index in [0.717, 1.165) is 23.7 Å². The highest BCUT2D eigenvalue weighted by molar-refractivity contribution is 5.60. The van der Waals surface area contributed by atoms with Crippen molar-refractivity contribution in [3.8, 4) is 0 Å². The molecule has 0 N–H and O–H groups in total. The van der Waals surface area contributed by atoms with Gasteiger partial charge >= 0.3 is 0 Å². The van der Waals surface area contributed by atoms with E-state index in [1.807, 2.05) is 7.05 Å². The first-order chi connectivity index (χ1) is 12.7. The van der Waals surface area contributed by atoms with Crippen molar-refractivity contribution in [3.05, 3.63) is 0 Å². The highest BCUT2D eigenvalue weighted by Crippen LogP contribution is 2.38. The number of hydrogen-bond acceptors (Lipinski definition) is 1. The van der Waals surface area contributed by atoms with Crippen LogP contribution in [0.4, 0.5) is 0 Å². The third-order valence-corrected chi connectivity index (χ3v) is 6.90. The van der Waals surface area contributed by atoms with Crippen LogP contribution >= 0.6 is 0 Å². The predicted octanol–water partition coefficient (Wildman–Crippen LogP) is 8.47. The second-order valence-corrected chi connectivity index (χ2v) is 9.20. The van der Waals surface area contributed by atoms with Crippen LogP contribution in [0.15, 0.2) is 4.99 Å². The van der Waals surface area contributed by atoms with Crippen molar-refractivity contribution in [3.63, 3.8) is 0 Å². The van der Waals surface area contributed by atoms with Crippen molar-refractivity contribution in [2.45, 2.75) is 124 Å². The normalized spacial score (nSPS) is 22.5. The van der Waals surface area contributed by atoms with Gasteiger partial charge in [-0.25, -0.2) is 0 Å². The summed E-state index contributed by atoms with van der Waals surface area (Å²) in [6.07, 6.45) is 25.2. The summed E-state index contributed by atoms with van der Waals surface area (Å²) in [6.45, 7) is 7.12. The zero-order chi connectivity index (χ0) is 19.0. The van der Waals surface area contributed by atoms with Crippen LogP contribution in [0, 0.1) is 23.7 Å². The highest BCUT2D eigenvalue weighted by atomic mass is 14.6. The van der Waals surface area contributed by atoms with Gasteiger partial charge in [0.2, 0.25) is 0 Å². The summed E-state index contributed by atoms with van der Waals surface area (Å²) < 4.78 is 0. The molecule has 4 atom stereocenters. The van der Waals surface area contributed by atoms with Crippen LogP contribution in [0.3, 0.4) is 0 Å². The lowest BCUT2D eigenvalue weighted by atomic mass is 9.71. The van der Waals surface area contributed by atoms with Gasteiger partial charge in [-0.3, -0.25) is 0 Å². The second-order valence-electron chi connectivity index (χ2n) is 9.20. The SMILES string of the molecule is CCCC(C=NC)CCCCCCCCC(CCC)CCC1CCC1C. The molecule has 0 radical (unpaired) electrons. The molecule has 1 rings (SSSR count). The van der Waals surface area contributed by atoms with Crippen LogP contribution in [0.2, 0.25) is 0 Å². The molecular weight excluding hydrogens is 314 g/mol. The molecule has 1 aliphatic carbocycles. The minimum atomic E-state index is 0.734. The van der Waals surface area contributed by atoms with Crippen molar-refractivity contribution in [2.75, 3.05) is 7.05 Å². The molecule has 0 amide bonds. The van der Waals surface area contributed by atoms with Crippen molar-refractivity contribution < 1.29 is 0 Å². The highest BCUT2D eigenvalue weighted by Gasteiger charge is 2.26. The van der Waals surface area contributed by atoms with E-state index in [0.29, 0.717) is 0 Å². The van der Waals surface area contributed by atoms with Crippen LogP contribution in [-0.4, -0.2) is 13.3 Å². The molecule has 0 aliphatic heterocycles. The Morgan fingerprint density at radius 3 is 2.00 bits per heavy atom. The number of hydrogen-bond donors (Lipinski definition) is 0. The lowest BCUT2D eigenvalue weighted by Crippen LogP contribution is -2.23. The van der Waals surface area contributed by atoms with Crippen LogP contribution in [0.1, 0.15) is 124 Å². The van der Waals surface area contributed by atoms with E-state index in [1.165, 1.54) is 103 Å². The van der Waals surface area contributed by atoms with Gasteiger partial charge in [0.25, 0.3) is 0 Å². The molecule has 1 fully saturated rings. The summed E-state index contributed by atoms with van der Waals surface area (Å²) in [6, 6.07) is 0. The summed E-state index contributed by atoms with van der Waals surface area (Å²) in [5, 5.41) is 0. The molecule has 1 aliphatic rings. The van der Waals surface area contributed by atoms with E-state index in [9.17, 15) is 0 Å².